The number of nitrogens with one attached hydrogen (secondary N) is 2. The summed E-state index contributed by atoms with van der Waals surface area (Å²) in [7, 11) is 0. The van der Waals surface area contributed by atoms with E-state index in [1.54, 1.807) is 0 Å². The predicted molar refractivity (Wildman–Crippen MR) is 87.2 cm³/mol. The second-order valence-corrected chi connectivity index (χ2v) is 5.51. The summed E-state index contributed by atoms with van der Waals surface area (Å²) in [4.78, 5) is 12.8. The van der Waals surface area contributed by atoms with Gasteiger partial charge in [0.25, 0.3) is 0 Å². The van der Waals surface area contributed by atoms with Crippen molar-refractivity contribution in [1.82, 2.24) is 15.0 Å². The number of benzene rings is 1. The summed E-state index contributed by atoms with van der Waals surface area (Å²) >= 11 is 3.43. The second kappa shape index (κ2) is 7.21. The molecule has 1 aromatic carbocycles. The Morgan fingerprint density at radius 3 is 2.62 bits per heavy atom. The Bertz CT molecular complexity index is 606. The molecule has 7 heteroatoms. The summed E-state index contributed by atoms with van der Waals surface area (Å²) in [5.41, 5.74) is 0.883. The number of aromatic nitrogens is 3. The lowest BCUT2D eigenvalue weighted by atomic mass is 10.3. The number of hydrogen-bond donors (Lipinski definition) is 2. The highest BCUT2D eigenvalue weighted by molar-refractivity contribution is 9.10. The number of anilines is 3. The van der Waals surface area contributed by atoms with Gasteiger partial charge in [0.1, 0.15) is 0 Å². The van der Waals surface area contributed by atoms with Crippen molar-refractivity contribution in [3.05, 3.63) is 28.7 Å². The van der Waals surface area contributed by atoms with Crippen molar-refractivity contribution in [3.8, 4) is 6.01 Å². The Morgan fingerprint density at radius 1 is 1.19 bits per heavy atom. The minimum atomic E-state index is 0.000552. The Morgan fingerprint density at radius 2 is 1.95 bits per heavy atom. The molecule has 0 radical (unpaired) electrons. The molecule has 0 unspecified atom stereocenters. The Labute approximate surface area is 132 Å². The first-order valence-electron chi connectivity index (χ1n) is 6.76. The Balaban J connectivity index is 2.26. The van der Waals surface area contributed by atoms with E-state index in [1.807, 2.05) is 45.0 Å². The van der Waals surface area contributed by atoms with Gasteiger partial charge in [-0.1, -0.05) is 22.0 Å². The van der Waals surface area contributed by atoms with Crippen LogP contribution in [-0.4, -0.2) is 27.6 Å². The van der Waals surface area contributed by atoms with Crippen molar-refractivity contribution in [2.24, 2.45) is 0 Å². The molecule has 0 saturated carbocycles. The quantitative estimate of drug-likeness (QED) is 0.828. The molecule has 2 aromatic rings. The highest BCUT2D eigenvalue weighted by Gasteiger charge is 2.09. The number of ether oxygens (including phenoxy) is 1. The average molecular weight is 352 g/mol. The summed E-state index contributed by atoms with van der Waals surface area (Å²) in [5.74, 6) is 0.926. The van der Waals surface area contributed by atoms with Crippen LogP contribution in [0, 0.1) is 0 Å². The summed E-state index contributed by atoms with van der Waals surface area (Å²) in [6.45, 7) is 6.56. The van der Waals surface area contributed by atoms with E-state index in [2.05, 4.69) is 41.5 Å². The third-order valence-electron chi connectivity index (χ3n) is 2.37. The summed E-state index contributed by atoms with van der Waals surface area (Å²) < 4.78 is 6.53. The third-order valence-corrected chi connectivity index (χ3v) is 2.86. The zero-order valence-corrected chi connectivity index (χ0v) is 13.8. The standard InChI is InChI=1S/C14H18BrN5O/c1-4-16-12-18-13(20-14(19-12)21-9(2)3)17-11-7-5-6-10(15)8-11/h5-9H,4H2,1-3H3,(H2,16,17,18,19,20). The fourth-order valence-electron chi connectivity index (χ4n) is 1.61. The minimum absolute atomic E-state index is 0.000552. The van der Waals surface area contributed by atoms with Crippen molar-refractivity contribution in [2.45, 2.75) is 26.9 Å². The van der Waals surface area contributed by atoms with Crippen molar-refractivity contribution in [2.75, 3.05) is 17.2 Å². The molecule has 0 atom stereocenters. The first-order valence-corrected chi connectivity index (χ1v) is 7.55. The molecule has 0 aliphatic rings. The molecular weight excluding hydrogens is 334 g/mol. The molecule has 2 N–H and O–H groups in total. The summed E-state index contributed by atoms with van der Waals surface area (Å²) in [6.07, 6.45) is 0.000552. The van der Waals surface area contributed by atoms with Crippen LogP contribution >= 0.6 is 15.9 Å². The van der Waals surface area contributed by atoms with Gasteiger partial charge in [0.2, 0.25) is 11.9 Å². The highest BCUT2D eigenvalue weighted by atomic mass is 79.9. The maximum absolute atomic E-state index is 5.55. The molecule has 0 saturated heterocycles. The van der Waals surface area contributed by atoms with E-state index in [4.69, 9.17) is 4.74 Å². The lowest BCUT2D eigenvalue weighted by Crippen LogP contribution is -2.12. The van der Waals surface area contributed by atoms with E-state index >= 15 is 0 Å². The molecule has 2 rings (SSSR count). The SMILES string of the molecule is CCNc1nc(Nc2cccc(Br)c2)nc(OC(C)C)n1. The molecule has 0 aliphatic carbocycles. The van der Waals surface area contributed by atoms with Crippen LogP contribution in [-0.2, 0) is 0 Å². The van der Waals surface area contributed by atoms with E-state index in [0.717, 1.165) is 16.7 Å². The van der Waals surface area contributed by atoms with E-state index in [1.165, 1.54) is 0 Å². The molecule has 6 nitrogen and oxygen atoms in total. The van der Waals surface area contributed by atoms with Gasteiger partial charge in [-0.15, -0.1) is 0 Å². The normalized spacial score (nSPS) is 10.5. The van der Waals surface area contributed by atoms with Gasteiger partial charge in [-0.05, 0) is 39.0 Å². The lowest BCUT2D eigenvalue weighted by molar-refractivity contribution is 0.222. The van der Waals surface area contributed by atoms with Crippen molar-refractivity contribution >= 4 is 33.5 Å². The number of hydrogen-bond acceptors (Lipinski definition) is 6. The van der Waals surface area contributed by atoms with Crippen LogP contribution in [0.5, 0.6) is 6.01 Å². The number of halogens is 1. The third kappa shape index (κ3) is 4.86. The van der Waals surface area contributed by atoms with Gasteiger partial charge in [0.05, 0.1) is 6.10 Å². The monoisotopic (exact) mass is 351 g/mol. The van der Waals surface area contributed by atoms with Crippen LogP contribution in [0.25, 0.3) is 0 Å². The van der Waals surface area contributed by atoms with E-state index in [-0.39, 0.29) is 6.10 Å². The number of nitrogens with zero attached hydrogens (tertiary/aromatic N) is 3. The first kappa shape index (κ1) is 15.5. The molecule has 1 heterocycles. The zero-order chi connectivity index (χ0) is 15.2. The smallest absolute Gasteiger partial charge is 0.323 e. The van der Waals surface area contributed by atoms with Gasteiger partial charge < -0.3 is 15.4 Å². The van der Waals surface area contributed by atoms with Gasteiger partial charge >= 0.3 is 6.01 Å². The molecule has 0 spiro atoms. The second-order valence-electron chi connectivity index (χ2n) is 4.60. The van der Waals surface area contributed by atoms with Crippen molar-refractivity contribution in [3.63, 3.8) is 0 Å². The maximum Gasteiger partial charge on any atom is 0.323 e. The Hall–Kier alpha value is -1.89. The Kier molecular flexibility index (Phi) is 5.32. The van der Waals surface area contributed by atoms with Crippen molar-refractivity contribution in [1.29, 1.82) is 0 Å². The number of rotatable bonds is 6. The largest absolute Gasteiger partial charge is 0.461 e. The van der Waals surface area contributed by atoms with Gasteiger partial charge in [0, 0.05) is 16.7 Å². The zero-order valence-electron chi connectivity index (χ0n) is 12.2. The van der Waals surface area contributed by atoms with Gasteiger partial charge in [-0.3, -0.25) is 0 Å². The molecule has 0 aliphatic heterocycles. The molecule has 0 bridgehead atoms. The van der Waals surface area contributed by atoms with Crippen molar-refractivity contribution < 1.29 is 4.74 Å². The topological polar surface area (TPSA) is 72.0 Å². The van der Waals surface area contributed by atoms with Crippen LogP contribution in [0.15, 0.2) is 28.7 Å². The first-order chi connectivity index (χ1) is 10.1. The van der Waals surface area contributed by atoms with Gasteiger partial charge in [-0.2, -0.15) is 15.0 Å². The minimum Gasteiger partial charge on any atom is -0.461 e. The van der Waals surface area contributed by atoms with Crippen LogP contribution in [0.2, 0.25) is 0 Å². The van der Waals surface area contributed by atoms with Gasteiger partial charge in [0.15, 0.2) is 0 Å². The molecular formula is C14H18BrN5O. The van der Waals surface area contributed by atoms with E-state index in [0.29, 0.717) is 17.9 Å². The van der Waals surface area contributed by atoms with Gasteiger partial charge in [-0.25, -0.2) is 0 Å². The summed E-state index contributed by atoms with van der Waals surface area (Å²) in [6, 6.07) is 8.07. The lowest BCUT2D eigenvalue weighted by Gasteiger charge is -2.11. The molecule has 21 heavy (non-hydrogen) atoms. The summed E-state index contributed by atoms with van der Waals surface area (Å²) in [5, 5.41) is 6.21. The van der Waals surface area contributed by atoms with Crippen LogP contribution in [0.1, 0.15) is 20.8 Å². The maximum atomic E-state index is 5.55. The van der Waals surface area contributed by atoms with Crippen LogP contribution in [0.4, 0.5) is 17.6 Å². The average Bonchev–Trinajstić information content (AvgIpc) is 2.37. The molecule has 0 amide bonds. The molecule has 112 valence electrons. The fraction of sp³-hybridized carbons (Fsp3) is 0.357. The van der Waals surface area contributed by atoms with Crippen LogP contribution in [0.3, 0.4) is 0 Å². The predicted octanol–water partition coefficient (Wildman–Crippen LogP) is 3.60. The highest BCUT2D eigenvalue weighted by Crippen LogP contribution is 2.20. The van der Waals surface area contributed by atoms with E-state index < -0.39 is 0 Å². The molecule has 0 fully saturated rings. The fourth-order valence-corrected chi connectivity index (χ4v) is 2.01. The van der Waals surface area contributed by atoms with Crippen LogP contribution < -0.4 is 15.4 Å². The molecule has 1 aromatic heterocycles. The van der Waals surface area contributed by atoms with E-state index in [9.17, 15) is 0 Å².